The summed E-state index contributed by atoms with van der Waals surface area (Å²) in [7, 11) is 1.95. The Morgan fingerprint density at radius 3 is 2.26 bits per heavy atom. The first-order chi connectivity index (χ1) is 13.0. The molecule has 2 aromatic heterocycles. The van der Waals surface area contributed by atoms with E-state index < -0.39 is 0 Å². The van der Waals surface area contributed by atoms with Gasteiger partial charge in [0.15, 0.2) is 11.5 Å². The molecule has 8 nitrogen and oxygen atoms in total. The highest BCUT2D eigenvalue weighted by Crippen LogP contribution is 2.12. The summed E-state index contributed by atoms with van der Waals surface area (Å²) < 4.78 is 0. The van der Waals surface area contributed by atoms with Crippen molar-refractivity contribution in [1.82, 2.24) is 25.0 Å². The zero-order chi connectivity index (χ0) is 19.2. The minimum absolute atomic E-state index is 0.0426. The number of pyridine rings is 1. The van der Waals surface area contributed by atoms with E-state index >= 15 is 0 Å². The van der Waals surface area contributed by atoms with Gasteiger partial charge in [0.25, 0.3) is 5.91 Å². The van der Waals surface area contributed by atoms with Crippen LogP contribution in [0.25, 0.3) is 0 Å². The molecule has 2 amide bonds. The van der Waals surface area contributed by atoms with Crippen LogP contribution in [0.4, 0.5) is 5.82 Å². The fraction of sp³-hybridized carbons (Fsp3) is 0.421. The Labute approximate surface area is 158 Å². The van der Waals surface area contributed by atoms with E-state index in [1.54, 1.807) is 35.2 Å². The smallest absolute Gasteiger partial charge is 0.274 e. The first-order valence-electron chi connectivity index (χ1n) is 9.03. The van der Waals surface area contributed by atoms with E-state index in [1.165, 1.54) is 5.56 Å². The maximum Gasteiger partial charge on any atom is 0.274 e. The lowest BCUT2D eigenvalue weighted by Gasteiger charge is -2.33. The van der Waals surface area contributed by atoms with Crippen LogP contribution in [0.15, 0.2) is 36.7 Å². The largest absolute Gasteiger partial charge is 0.358 e. The zero-order valence-electron chi connectivity index (χ0n) is 15.7. The third kappa shape index (κ3) is 4.78. The summed E-state index contributed by atoms with van der Waals surface area (Å²) in [6.07, 6.45) is 4.44. The number of anilines is 1. The Bertz CT molecular complexity index is 773. The molecule has 1 fully saturated rings. The van der Waals surface area contributed by atoms with Crippen molar-refractivity contribution < 1.29 is 9.59 Å². The molecule has 8 heteroatoms. The van der Waals surface area contributed by atoms with E-state index in [0.29, 0.717) is 31.9 Å². The van der Waals surface area contributed by atoms with E-state index in [2.05, 4.69) is 15.2 Å². The molecule has 27 heavy (non-hydrogen) atoms. The molecule has 1 saturated heterocycles. The van der Waals surface area contributed by atoms with Gasteiger partial charge in [-0.25, -0.2) is 0 Å². The maximum atomic E-state index is 12.6. The molecule has 1 aliphatic rings. The number of amides is 2. The molecule has 0 saturated carbocycles. The van der Waals surface area contributed by atoms with E-state index in [-0.39, 0.29) is 11.8 Å². The molecule has 0 aliphatic carbocycles. The summed E-state index contributed by atoms with van der Waals surface area (Å²) >= 11 is 0. The van der Waals surface area contributed by atoms with Crippen molar-refractivity contribution in [3.05, 3.63) is 47.9 Å². The summed E-state index contributed by atoms with van der Waals surface area (Å²) in [5.41, 5.74) is 1.54. The summed E-state index contributed by atoms with van der Waals surface area (Å²) in [5.74, 6) is 0.625. The molecule has 1 aliphatic heterocycles. The van der Waals surface area contributed by atoms with Crippen LogP contribution < -0.4 is 4.90 Å². The number of carbonyl (C=O) groups is 2. The van der Waals surface area contributed by atoms with E-state index in [1.807, 2.05) is 30.1 Å². The monoisotopic (exact) mass is 368 g/mol. The molecule has 0 spiro atoms. The van der Waals surface area contributed by atoms with Gasteiger partial charge in [-0.2, -0.15) is 0 Å². The Hall–Kier alpha value is -3.03. The third-order valence-corrected chi connectivity index (χ3v) is 4.76. The highest BCUT2D eigenvalue weighted by Gasteiger charge is 2.24. The Morgan fingerprint density at radius 1 is 1.00 bits per heavy atom. The van der Waals surface area contributed by atoms with Crippen LogP contribution in [-0.2, 0) is 11.2 Å². The number of nitrogens with zero attached hydrogens (tertiary/aromatic N) is 6. The molecule has 3 rings (SSSR count). The number of aromatic nitrogens is 3. The van der Waals surface area contributed by atoms with Crippen LogP contribution in [0.2, 0.25) is 0 Å². The minimum atomic E-state index is -0.142. The Kier molecular flexibility index (Phi) is 5.95. The van der Waals surface area contributed by atoms with Gasteiger partial charge in [0.05, 0.1) is 0 Å². The summed E-state index contributed by atoms with van der Waals surface area (Å²) in [6, 6.07) is 7.52. The molecule has 0 unspecified atom stereocenters. The molecule has 0 N–H and O–H groups in total. The van der Waals surface area contributed by atoms with Crippen molar-refractivity contribution in [3.63, 3.8) is 0 Å². The van der Waals surface area contributed by atoms with E-state index in [0.717, 1.165) is 18.8 Å². The predicted octanol–water partition coefficient (Wildman–Crippen LogP) is 0.855. The zero-order valence-corrected chi connectivity index (χ0v) is 15.7. The number of piperazine rings is 1. The fourth-order valence-electron chi connectivity index (χ4n) is 2.99. The van der Waals surface area contributed by atoms with Crippen molar-refractivity contribution in [2.24, 2.45) is 0 Å². The second kappa shape index (κ2) is 8.57. The number of hydrogen-bond donors (Lipinski definition) is 0. The molecular weight excluding hydrogens is 344 g/mol. The number of rotatable bonds is 5. The van der Waals surface area contributed by atoms with Gasteiger partial charge < -0.3 is 14.7 Å². The quantitative estimate of drug-likeness (QED) is 0.778. The van der Waals surface area contributed by atoms with Crippen LogP contribution >= 0.6 is 0 Å². The average molecular weight is 368 g/mol. The van der Waals surface area contributed by atoms with Crippen LogP contribution in [0.1, 0.15) is 23.0 Å². The Morgan fingerprint density at radius 2 is 1.67 bits per heavy atom. The molecule has 0 bridgehead atoms. The molecule has 2 aromatic rings. The first kappa shape index (κ1) is 18.8. The van der Waals surface area contributed by atoms with Gasteiger partial charge in [-0.15, -0.1) is 10.2 Å². The maximum absolute atomic E-state index is 12.6. The highest BCUT2D eigenvalue weighted by molar-refractivity contribution is 5.92. The fourth-order valence-corrected chi connectivity index (χ4v) is 2.99. The van der Waals surface area contributed by atoms with Gasteiger partial charge in [0.2, 0.25) is 5.91 Å². The average Bonchev–Trinajstić information content (AvgIpc) is 2.72. The van der Waals surface area contributed by atoms with Crippen molar-refractivity contribution >= 4 is 17.6 Å². The van der Waals surface area contributed by atoms with Crippen LogP contribution in [0.3, 0.4) is 0 Å². The summed E-state index contributed by atoms with van der Waals surface area (Å²) in [4.78, 5) is 33.4. The van der Waals surface area contributed by atoms with Gasteiger partial charge in [0, 0.05) is 59.1 Å². The molecule has 3 heterocycles. The first-order valence-corrected chi connectivity index (χ1v) is 9.03. The lowest BCUT2D eigenvalue weighted by molar-refractivity contribution is -0.130. The lowest BCUT2D eigenvalue weighted by Crippen LogP contribution is -2.50. The Balaban J connectivity index is 1.55. The number of carbonyl (C=O) groups excluding carboxylic acids is 2. The van der Waals surface area contributed by atoms with Crippen molar-refractivity contribution in [2.75, 3.05) is 44.7 Å². The summed E-state index contributed by atoms with van der Waals surface area (Å²) in [5, 5.41) is 8.31. The normalized spacial score (nSPS) is 14.1. The van der Waals surface area contributed by atoms with Crippen LogP contribution in [0, 0.1) is 0 Å². The van der Waals surface area contributed by atoms with E-state index in [9.17, 15) is 9.59 Å². The molecular formula is C19H24N6O2. The van der Waals surface area contributed by atoms with Crippen LogP contribution in [-0.4, -0.2) is 76.6 Å². The second-order valence-electron chi connectivity index (χ2n) is 6.60. The number of likely N-dealkylation sites (N-methyl/N-ethyl adjacent to an activating group) is 1. The minimum Gasteiger partial charge on any atom is -0.358 e. The van der Waals surface area contributed by atoms with E-state index in [4.69, 9.17) is 0 Å². The molecule has 0 atom stereocenters. The molecule has 0 radical (unpaired) electrons. The summed E-state index contributed by atoms with van der Waals surface area (Å²) in [6.45, 7) is 4.50. The van der Waals surface area contributed by atoms with Gasteiger partial charge in [0.1, 0.15) is 0 Å². The second-order valence-corrected chi connectivity index (χ2v) is 6.60. The highest BCUT2D eigenvalue weighted by atomic mass is 16.2. The van der Waals surface area contributed by atoms with Crippen LogP contribution in [0.5, 0.6) is 0 Å². The van der Waals surface area contributed by atoms with Gasteiger partial charge in [-0.05, 0) is 36.2 Å². The van der Waals surface area contributed by atoms with Gasteiger partial charge >= 0.3 is 0 Å². The predicted molar refractivity (Wildman–Crippen MR) is 101 cm³/mol. The number of hydrogen-bond acceptors (Lipinski definition) is 6. The van der Waals surface area contributed by atoms with Gasteiger partial charge in [-0.3, -0.25) is 14.6 Å². The lowest BCUT2D eigenvalue weighted by atomic mass is 10.2. The van der Waals surface area contributed by atoms with Crippen molar-refractivity contribution in [2.45, 2.75) is 13.3 Å². The third-order valence-electron chi connectivity index (χ3n) is 4.76. The standard InChI is InChI=1S/C19H24N6O2/c1-15(26)24-11-13-25(14-12-24)19(27)17-3-4-18(22-21-17)23(2)10-7-16-5-8-20-9-6-16/h3-6,8-9H,7,10-14H2,1-2H3. The van der Waals surface area contributed by atoms with Crippen molar-refractivity contribution in [3.8, 4) is 0 Å². The van der Waals surface area contributed by atoms with Gasteiger partial charge in [-0.1, -0.05) is 0 Å². The molecule has 0 aromatic carbocycles. The topological polar surface area (TPSA) is 82.5 Å². The SMILES string of the molecule is CC(=O)N1CCN(C(=O)c2ccc(N(C)CCc3ccncc3)nn2)CC1. The molecule has 142 valence electrons. The van der Waals surface area contributed by atoms with Crippen molar-refractivity contribution in [1.29, 1.82) is 0 Å².